The van der Waals surface area contributed by atoms with Crippen molar-refractivity contribution in [1.82, 2.24) is 20.1 Å². The first-order valence-corrected chi connectivity index (χ1v) is 7.56. The standard InChI is InChI=1S/C16H18N6O/c1-3-4-7-16(20-21-16)8-10-17-14(23)11-22-15-13(12(2)19-22)6-5-9-18-15/h1,5-6,9H,4,7-8,10-11H2,2H3,(H,17,23). The largest absolute Gasteiger partial charge is 0.354 e. The van der Waals surface area contributed by atoms with Crippen molar-refractivity contribution < 1.29 is 4.79 Å². The minimum atomic E-state index is -0.365. The Bertz CT molecular complexity index is 794. The van der Waals surface area contributed by atoms with Gasteiger partial charge in [-0.3, -0.25) is 4.79 Å². The number of pyridine rings is 1. The SMILES string of the molecule is C#CCCC1(CCNC(=O)Cn2nc(C)c3cccnc32)N=N1. The average molecular weight is 310 g/mol. The third-order valence-electron chi connectivity index (χ3n) is 3.89. The lowest BCUT2D eigenvalue weighted by Gasteiger charge is -2.10. The molecule has 2 aromatic heterocycles. The fraction of sp³-hybridized carbons (Fsp3) is 0.438. The quantitative estimate of drug-likeness (QED) is 0.792. The molecule has 0 aromatic carbocycles. The number of fused-ring (bicyclic) bond motifs is 1. The smallest absolute Gasteiger partial charge is 0.241 e. The zero-order valence-corrected chi connectivity index (χ0v) is 13.0. The van der Waals surface area contributed by atoms with Crippen LogP contribution < -0.4 is 5.32 Å². The molecule has 0 bridgehead atoms. The van der Waals surface area contributed by atoms with E-state index in [4.69, 9.17) is 6.42 Å². The van der Waals surface area contributed by atoms with E-state index in [1.165, 1.54) is 0 Å². The lowest BCUT2D eigenvalue weighted by molar-refractivity contribution is -0.121. The van der Waals surface area contributed by atoms with Crippen molar-refractivity contribution in [2.75, 3.05) is 6.54 Å². The maximum atomic E-state index is 12.1. The number of hydrogen-bond donors (Lipinski definition) is 1. The molecule has 1 aliphatic heterocycles. The fourth-order valence-electron chi connectivity index (χ4n) is 2.54. The highest BCUT2D eigenvalue weighted by molar-refractivity contribution is 5.81. The molecule has 3 heterocycles. The lowest BCUT2D eigenvalue weighted by Crippen LogP contribution is -2.31. The van der Waals surface area contributed by atoms with E-state index in [1.807, 2.05) is 19.1 Å². The van der Waals surface area contributed by atoms with Gasteiger partial charge in [-0.2, -0.15) is 15.3 Å². The summed E-state index contributed by atoms with van der Waals surface area (Å²) in [6.45, 7) is 2.57. The Morgan fingerprint density at radius 2 is 2.26 bits per heavy atom. The van der Waals surface area contributed by atoms with Crippen LogP contribution in [0.5, 0.6) is 0 Å². The molecule has 1 amide bonds. The van der Waals surface area contributed by atoms with Crippen molar-refractivity contribution in [3.8, 4) is 12.3 Å². The molecule has 118 valence electrons. The number of hydrogen-bond acceptors (Lipinski definition) is 5. The zero-order chi connectivity index (χ0) is 16.3. The molecule has 0 saturated carbocycles. The molecule has 0 radical (unpaired) electrons. The summed E-state index contributed by atoms with van der Waals surface area (Å²) in [6.07, 6.45) is 9.02. The fourth-order valence-corrected chi connectivity index (χ4v) is 2.54. The Morgan fingerprint density at radius 3 is 3.00 bits per heavy atom. The highest BCUT2D eigenvalue weighted by Crippen LogP contribution is 2.35. The second kappa shape index (κ2) is 6.16. The number of nitrogens with one attached hydrogen (secondary N) is 1. The summed E-state index contributed by atoms with van der Waals surface area (Å²) >= 11 is 0. The van der Waals surface area contributed by atoms with Gasteiger partial charge in [0.1, 0.15) is 6.54 Å². The van der Waals surface area contributed by atoms with Crippen molar-refractivity contribution >= 4 is 16.9 Å². The van der Waals surface area contributed by atoms with Crippen molar-refractivity contribution in [1.29, 1.82) is 0 Å². The molecular formula is C16H18N6O. The first-order chi connectivity index (χ1) is 11.1. The van der Waals surface area contributed by atoms with Crippen molar-refractivity contribution in [2.24, 2.45) is 10.2 Å². The Kier molecular flexibility index (Phi) is 4.06. The van der Waals surface area contributed by atoms with Crippen LogP contribution in [0.4, 0.5) is 0 Å². The third kappa shape index (κ3) is 3.37. The second-order valence-corrected chi connectivity index (χ2v) is 5.60. The molecule has 0 fully saturated rings. The molecule has 0 aliphatic carbocycles. The Labute approximate surface area is 134 Å². The summed E-state index contributed by atoms with van der Waals surface area (Å²) in [5.74, 6) is 2.49. The van der Waals surface area contributed by atoms with E-state index in [-0.39, 0.29) is 18.1 Å². The summed E-state index contributed by atoms with van der Waals surface area (Å²) < 4.78 is 1.62. The van der Waals surface area contributed by atoms with Gasteiger partial charge < -0.3 is 5.32 Å². The summed E-state index contributed by atoms with van der Waals surface area (Å²) in [5, 5.41) is 16.3. The van der Waals surface area contributed by atoms with Gasteiger partial charge in [0.05, 0.1) is 5.69 Å². The lowest BCUT2D eigenvalue weighted by atomic mass is 10.0. The minimum absolute atomic E-state index is 0.104. The molecule has 1 aliphatic rings. The second-order valence-electron chi connectivity index (χ2n) is 5.60. The Morgan fingerprint density at radius 1 is 1.43 bits per heavy atom. The number of terminal acetylenes is 1. The zero-order valence-electron chi connectivity index (χ0n) is 13.0. The van der Waals surface area contributed by atoms with Gasteiger partial charge >= 0.3 is 0 Å². The minimum Gasteiger partial charge on any atom is -0.354 e. The number of rotatable bonds is 7. The number of aryl methyl sites for hydroxylation is 1. The van der Waals surface area contributed by atoms with Gasteiger partial charge in [-0.1, -0.05) is 0 Å². The highest BCUT2D eigenvalue weighted by atomic mass is 16.2. The van der Waals surface area contributed by atoms with E-state index in [0.29, 0.717) is 19.4 Å². The van der Waals surface area contributed by atoms with Crippen LogP contribution in [0.1, 0.15) is 25.0 Å². The first kappa shape index (κ1) is 15.2. The van der Waals surface area contributed by atoms with Gasteiger partial charge in [-0.25, -0.2) is 9.67 Å². The first-order valence-electron chi connectivity index (χ1n) is 7.56. The van der Waals surface area contributed by atoms with Gasteiger partial charge in [0, 0.05) is 37.4 Å². The van der Waals surface area contributed by atoms with E-state index >= 15 is 0 Å². The van der Waals surface area contributed by atoms with Crippen LogP contribution in [0.15, 0.2) is 28.6 Å². The van der Waals surface area contributed by atoms with E-state index in [0.717, 1.165) is 23.1 Å². The monoisotopic (exact) mass is 310 g/mol. The molecule has 0 saturated heterocycles. The van der Waals surface area contributed by atoms with E-state index < -0.39 is 0 Å². The Hall–Kier alpha value is -2.75. The van der Waals surface area contributed by atoms with Gasteiger partial charge in [0.15, 0.2) is 11.3 Å². The molecule has 0 spiro atoms. The van der Waals surface area contributed by atoms with Gasteiger partial charge in [0.25, 0.3) is 0 Å². The van der Waals surface area contributed by atoms with Crippen LogP contribution in [0, 0.1) is 19.3 Å². The normalized spacial score (nSPS) is 14.6. The number of carbonyl (C=O) groups is 1. The Balaban J connectivity index is 1.52. The topological polar surface area (TPSA) is 84.5 Å². The van der Waals surface area contributed by atoms with Crippen LogP contribution in [0.3, 0.4) is 0 Å². The van der Waals surface area contributed by atoms with Crippen LogP contribution >= 0.6 is 0 Å². The van der Waals surface area contributed by atoms with Crippen molar-refractivity contribution in [3.63, 3.8) is 0 Å². The molecule has 7 heteroatoms. The summed E-state index contributed by atoms with van der Waals surface area (Å²) in [6, 6.07) is 3.81. The molecule has 23 heavy (non-hydrogen) atoms. The predicted octanol–water partition coefficient (Wildman–Crippen LogP) is 1.82. The van der Waals surface area contributed by atoms with E-state index in [9.17, 15) is 4.79 Å². The molecule has 3 rings (SSSR count). The van der Waals surface area contributed by atoms with Gasteiger partial charge in [0.2, 0.25) is 5.91 Å². The summed E-state index contributed by atoms with van der Waals surface area (Å²) in [4.78, 5) is 16.4. The molecule has 0 unspecified atom stereocenters. The third-order valence-corrected chi connectivity index (χ3v) is 3.89. The van der Waals surface area contributed by atoms with Crippen LogP contribution in [-0.4, -0.2) is 32.9 Å². The van der Waals surface area contributed by atoms with E-state index in [1.54, 1.807) is 10.9 Å². The molecule has 0 atom stereocenters. The number of aromatic nitrogens is 3. The van der Waals surface area contributed by atoms with E-state index in [2.05, 4.69) is 31.5 Å². The van der Waals surface area contributed by atoms with Crippen LogP contribution in [0.25, 0.3) is 11.0 Å². The molecular weight excluding hydrogens is 292 g/mol. The predicted molar refractivity (Wildman–Crippen MR) is 85.5 cm³/mol. The number of nitrogens with zero attached hydrogens (tertiary/aromatic N) is 5. The van der Waals surface area contributed by atoms with Crippen molar-refractivity contribution in [3.05, 3.63) is 24.0 Å². The van der Waals surface area contributed by atoms with Crippen LogP contribution in [0.2, 0.25) is 0 Å². The van der Waals surface area contributed by atoms with Gasteiger partial charge in [-0.05, 0) is 19.1 Å². The molecule has 7 nitrogen and oxygen atoms in total. The summed E-state index contributed by atoms with van der Waals surface area (Å²) in [5.41, 5.74) is 1.22. The maximum Gasteiger partial charge on any atom is 0.241 e. The number of amides is 1. The maximum absolute atomic E-state index is 12.1. The summed E-state index contributed by atoms with van der Waals surface area (Å²) in [7, 11) is 0. The van der Waals surface area contributed by atoms with Gasteiger partial charge in [-0.15, -0.1) is 12.3 Å². The average Bonchev–Trinajstić information content (AvgIpc) is 3.25. The highest BCUT2D eigenvalue weighted by Gasteiger charge is 2.38. The molecule has 1 N–H and O–H groups in total. The number of carbonyl (C=O) groups excluding carboxylic acids is 1. The van der Waals surface area contributed by atoms with Crippen molar-refractivity contribution in [2.45, 2.75) is 38.4 Å². The van der Waals surface area contributed by atoms with Crippen LogP contribution in [-0.2, 0) is 11.3 Å². The molecule has 2 aromatic rings.